The first-order valence-electron chi connectivity index (χ1n) is 9.96. The first kappa shape index (κ1) is 18.8. The average molecular weight is 432 g/mol. The summed E-state index contributed by atoms with van der Waals surface area (Å²) in [5, 5.41) is 18.9. The van der Waals surface area contributed by atoms with E-state index in [4.69, 9.17) is 5.26 Å². The molecule has 2 saturated heterocycles. The van der Waals surface area contributed by atoms with Crippen molar-refractivity contribution in [2.45, 2.75) is 57.1 Å². The van der Waals surface area contributed by atoms with Gasteiger partial charge in [0.1, 0.15) is 0 Å². The maximum Gasteiger partial charge on any atom is 0.230 e. The fraction of sp³-hybridized carbons (Fsp3) is 0.619. The highest BCUT2D eigenvalue weighted by Crippen LogP contribution is 2.44. The number of nitrogens with zero attached hydrogens (tertiary/aromatic N) is 3. The highest BCUT2D eigenvalue weighted by molar-refractivity contribution is 9.10. The third kappa shape index (κ3) is 3.48. The highest BCUT2D eigenvalue weighted by Gasteiger charge is 2.50. The van der Waals surface area contributed by atoms with Crippen molar-refractivity contribution in [3.05, 3.63) is 28.2 Å². The zero-order chi connectivity index (χ0) is 19.0. The van der Waals surface area contributed by atoms with Crippen LogP contribution in [0.2, 0.25) is 0 Å². The largest absolute Gasteiger partial charge is 0.393 e. The first-order valence-corrected chi connectivity index (χ1v) is 10.8. The van der Waals surface area contributed by atoms with Crippen LogP contribution in [0.5, 0.6) is 0 Å². The van der Waals surface area contributed by atoms with Crippen molar-refractivity contribution < 1.29 is 9.90 Å². The Morgan fingerprint density at radius 3 is 2.67 bits per heavy atom. The zero-order valence-electron chi connectivity index (χ0n) is 15.5. The molecule has 3 aliphatic rings. The third-order valence-corrected chi connectivity index (χ3v) is 7.28. The molecule has 0 aromatic heterocycles. The van der Waals surface area contributed by atoms with Crippen molar-refractivity contribution in [1.82, 2.24) is 4.90 Å². The number of hydrogen-bond donors (Lipinski definition) is 1. The van der Waals surface area contributed by atoms with Crippen LogP contribution in [-0.2, 0) is 4.79 Å². The lowest BCUT2D eigenvalue weighted by Gasteiger charge is -2.41. The molecule has 1 atom stereocenters. The number of aliphatic hydroxyl groups is 1. The van der Waals surface area contributed by atoms with Gasteiger partial charge < -0.3 is 14.9 Å². The van der Waals surface area contributed by atoms with Crippen molar-refractivity contribution >= 4 is 27.5 Å². The Labute approximate surface area is 169 Å². The lowest BCUT2D eigenvalue weighted by atomic mass is 9.78. The van der Waals surface area contributed by atoms with E-state index in [9.17, 15) is 9.90 Å². The van der Waals surface area contributed by atoms with Crippen LogP contribution in [-0.4, -0.2) is 47.7 Å². The Kier molecular flexibility index (Phi) is 5.17. The Bertz CT molecular complexity index is 769. The van der Waals surface area contributed by atoms with Crippen molar-refractivity contribution in [1.29, 1.82) is 5.26 Å². The Morgan fingerprint density at radius 2 is 1.96 bits per heavy atom. The van der Waals surface area contributed by atoms with Crippen molar-refractivity contribution in [3.8, 4) is 6.07 Å². The fourth-order valence-corrected chi connectivity index (χ4v) is 5.74. The molecule has 144 valence electrons. The normalized spacial score (nSPS) is 31.4. The van der Waals surface area contributed by atoms with E-state index in [1.165, 1.54) is 0 Å². The number of aliphatic hydroxyl groups excluding tert-OH is 1. The van der Waals surface area contributed by atoms with Gasteiger partial charge in [0.2, 0.25) is 5.91 Å². The molecule has 1 spiro atoms. The highest BCUT2D eigenvalue weighted by atomic mass is 79.9. The molecule has 2 aliphatic heterocycles. The van der Waals surface area contributed by atoms with Gasteiger partial charge >= 0.3 is 0 Å². The summed E-state index contributed by atoms with van der Waals surface area (Å²) in [6, 6.07) is 8.16. The molecule has 1 saturated carbocycles. The summed E-state index contributed by atoms with van der Waals surface area (Å²) in [7, 11) is 0. The Balaban J connectivity index is 1.51. The van der Waals surface area contributed by atoms with E-state index in [2.05, 4.69) is 31.8 Å². The third-order valence-electron chi connectivity index (χ3n) is 6.65. The summed E-state index contributed by atoms with van der Waals surface area (Å²) >= 11 is 3.60. The number of carbonyl (C=O) groups excluding carboxylic acids is 1. The van der Waals surface area contributed by atoms with Crippen LogP contribution in [0.15, 0.2) is 22.7 Å². The second-order valence-corrected chi connectivity index (χ2v) is 9.15. The standard InChI is InChI=1S/C21H26BrN3O2/c22-18-12-15(13-23)2-7-19(18)24-10-1-8-21(14-24)9-11-25(20(21)27)16-3-5-17(26)6-4-16/h2,7,12,16-17,26H,1,3-6,8-11,14H2/t16?,17?,21-/m1/s1. The molecule has 6 heteroatoms. The number of nitriles is 1. The molecular weight excluding hydrogens is 406 g/mol. The van der Waals surface area contributed by atoms with Crippen LogP contribution in [0, 0.1) is 16.7 Å². The minimum absolute atomic E-state index is 0.188. The summed E-state index contributed by atoms with van der Waals surface area (Å²) < 4.78 is 0.919. The topological polar surface area (TPSA) is 67.6 Å². The molecule has 1 aliphatic carbocycles. The van der Waals surface area contributed by atoms with Gasteiger partial charge in [0.15, 0.2) is 0 Å². The van der Waals surface area contributed by atoms with E-state index in [1.807, 2.05) is 18.2 Å². The van der Waals surface area contributed by atoms with Crippen molar-refractivity contribution in [2.24, 2.45) is 5.41 Å². The number of carbonyl (C=O) groups is 1. The molecule has 4 rings (SSSR count). The monoisotopic (exact) mass is 431 g/mol. The number of amides is 1. The molecule has 0 radical (unpaired) electrons. The van der Waals surface area contributed by atoms with Gasteiger partial charge in [0.05, 0.1) is 28.8 Å². The smallest absolute Gasteiger partial charge is 0.230 e. The summed E-state index contributed by atoms with van der Waals surface area (Å²) in [6.07, 6.45) is 6.18. The molecule has 2 heterocycles. The Hall–Kier alpha value is -1.58. The number of likely N-dealkylation sites (tertiary alicyclic amines) is 1. The number of hydrogen-bond acceptors (Lipinski definition) is 4. The van der Waals surface area contributed by atoms with Crippen molar-refractivity contribution in [3.63, 3.8) is 0 Å². The van der Waals surface area contributed by atoms with Crippen LogP contribution in [0.3, 0.4) is 0 Å². The van der Waals surface area contributed by atoms with Crippen LogP contribution in [0.4, 0.5) is 5.69 Å². The summed E-state index contributed by atoms with van der Waals surface area (Å²) in [5.41, 5.74) is 1.43. The van der Waals surface area contributed by atoms with Gasteiger partial charge in [-0.2, -0.15) is 5.26 Å². The van der Waals surface area contributed by atoms with E-state index >= 15 is 0 Å². The molecule has 0 bridgehead atoms. The summed E-state index contributed by atoms with van der Waals surface area (Å²) in [4.78, 5) is 17.8. The van der Waals surface area contributed by atoms with E-state index in [0.717, 1.165) is 74.7 Å². The molecular formula is C21H26BrN3O2. The molecule has 3 fully saturated rings. The van der Waals surface area contributed by atoms with Gasteiger partial charge in [-0.1, -0.05) is 0 Å². The first-order chi connectivity index (χ1) is 13.0. The number of anilines is 1. The van der Waals surface area contributed by atoms with Crippen LogP contribution < -0.4 is 4.90 Å². The number of halogens is 1. The Morgan fingerprint density at radius 1 is 1.19 bits per heavy atom. The number of benzene rings is 1. The van der Waals surface area contributed by atoms with E-state index in [-0.39, 0.29) is 11.5 Å². The second kappa shape index (κ2) is 7.44. The molecule has 0 unspecified atom stereocenters. The summed E-state index contributed by atoms with van der Waals surface area (Å²) in [6.45, 7) is 2.54. The van der Waals surface area contributed by atoms with Gasteiger partial charge in [-0.3, -0.25) is 4.79 Å². The molecule has 1 aromatic rings. The van der Waals surface area contributed by atoms with Crippen LogP contribution >= 0.6 is 15.9 Å². The quantitative estimate of drug-likeness (QED) is 0.778. The minimum Gasteiger partial charge on any atom is -0.393 e. The number of rotatable bonds is 2. The molecule has 1 aromatic carbocycles. The maximum atomic E-state index is 13.4. The van der Waals surface area contributed by atoms with Gasteiger partial charge in [-0.15, -0.1) is 0 Å². The SMILES string of the molecule is N#Cc1ccc(N2CCC[C@@]3(CCN(C4CCC(O)CC4)C3=O)C2)c(Br)c1. The van der Waals surface area contributed by atoms with Crippen LogP contribution in [0.25, 0.3) is 0 Å². The van der Waals surface area contributed by atoms with Gasteiger partial charge in [0, 0.05) is 30.1 Å². The van der Waals surface area contributed by atoms with Crippen molar-refractivity contribution in [2.75, 3.05) is 24.5 Å². The molecule has 1 amide bonds. The van der Waals surface area contributed by atoms with Crippen LogP contribution in [0.1, 0.15) is 50.5 Å². The molecule has 5 nitrogen and oxygen atoms in total. The number of piperidine rings is 1. The summed E-state index contributed by atoms with van der Waals surface area (Å²) in [5.74, 6) is 0.318. The molecule has 1 N–H and O–H groups in total. The average Bonchev–Trinajstić information content (AvgIpc) is 2.98. The van der Waals surface area contributed by atoms with Gasteiger partial charge in [0.25, 0.3) is 0 Å². The lowest BCUT2D eigenvalue weighted by Crippen LogP contribution is -2.50. The second-order valence-electron chi connectivity index (χ2n) is 8.29. The maximum absolute atomic E-state index is 13.4. The fourth-order valence-electron chi connectivity index (χ4n) is 5.11. The predicted octanol–water partition coefficient (Wildman–Crippen LogP) is 3.44. The van der Waals surface area contributed by atoms with Gasteiger partial charge in [-0.05, 0) is 79.1 Å². The van der Waals surface area contributed by atoms with Gasteiger partial charge in [-0.25, -0.2) is 0 Å². The van der Waals surface area contributed by atoms with E-state index < -0.39 is 0 Å². The zero-order valence-corrected chi connectivity index (χ0v) is 17.1. The lowest BCUT2D eigenvalue weighted by molar-refractivity contribution is -0.139. The molecule has 27 heavy (non-hydrogen) atoms. The minimum atomic E-state index is -0.276. The van der Waals surface area contributed by atoms with E-state index in [0.29, 0.717) is 17.5 Å². The van der Waals surface area contributed by atoms with E-state index in [1.54, 1.807) is 0 Å². The predicted molar refractivity (Wildman–Crippen MR) is 107 cm³/mol.